The van der Waals surface area contributed by atoms with E-state index in [0.717, 1.165) is 0 Å². The molecule has 0 aliphatic carbocycles. The van der Waals surface area contributed by atoms with Crippen molar-refractivity contribution in [1.82, 2.24) is 19.1 Å². The number of terminal acetylenes is 1. The fourth-order valence-electron chi connectivity index (χ4n) is 3.51. The number of nitrogen functional groups attached to an aromatic ring is 1. The number of aromatic nitrogens is 4. The molecule has 4 rings (SSSR count). The van der Waals surface area contributed by atoms with Gasteiger partial charge in [0.1, 0.15) is 37.0 Å². The van der Waals surface area contributed by atoms with Crippen molar-refractivity contribution < 1.29 is 24.1 Å². The summed E-state index contributed by atoms with van der Waals surface area (Å²) in [5, 5.41) is 11.2. The van der Waals surface area contributed by atoms with E-state index >= 15 is 0 Å². The number of fused-ring (bicyclic) bond motifs is 1. The van der Waals surface area contributed by atoms with Crippen LogP contribution in [0.5, 0.6) is 0 Å². The standard InChI is InChI=1S/C21H20ClN5O6/c1-3-21(11-32-20(30)31-10-12-4-6-26(2)15(29)8-12)14(28)9-16(33-21)27-7-5-13-17(23)24-19(22)25-18(13)27/h1,4-8,14,16,28H,9-11H2,2H3,(H2,23,24,25)/t14-,16+,21+/m0/s1. The summed E-state index contributed by atoms with van der Waals surface area (Å²) in [7, 11) is 1.60. The molecule has 1 fully saturated rings. The maximum Gasteiger partial charge on any atom is 0.508 e. The molecule has 3 N–H and O–H groups in total. The van der Waals surface area contributed by atoms with E-state index in [1.54, 1.807) is 36.1 Å². The SMILES string of the molecule is C#C[C@]1(COC(=O)OCc2ccn(C)c(=O)c2)O[C@@H](n2ccc3c(N)nc(Cl)nc32)C[C@@H]1O. The second-order valence-electron chi connectivity index (χ2n) is 7.51. The monoisotopic (exact) mass is 473 g/mol. The average Bonchev–Trinajstić information content (AvgIpc) is 3.34. The van der Waals surface area contributed by atoms with Crippen molar-refractivity contribution in [2.45, 2.75) is 31.0 Å². The number of ether oxygens (including phenoxy) is 3. The van der Waals surface area contributed by atoms with Crippen molar-refractivity contribution in [3.05, 3.63) is 51.8 Å². The molecule has 1 aliphatic heterocycles. The van der Waals surface area contributed by atoms with E-state index in [-0.39, 0.29) is 29.7 Å². The summed E-state index contributed by atoms with van der Waals surface area (Å²) in [6.45, 7) is -0.616. The summed E-state index contributed by atoms with van der Waals surface area (Å²) >= 11 is 5.92. The van der Waals surface area contributed by atoms with Crippen molar-refractivity contribution in [2.24, 2.45) is 7.05 Å². The van der Waals surface area contributed by atoms with Crippen LogP contribution in [-0.4, -0.2) is 48.7 Å². The number of carbonyl (C=O) groups excluding carboxylic acids is 1. The maximum absolute atomic E-state index is 12.1. The topological polar surface area (TPSA) is 144 Å². The lowest BCUT2D eigenvalue weighted by Crippen LogP contribution is -2.43. The molecule has 0 amide bonds. The van der Waals surface area contributed by atoms with Gasteiger partial charge in [-0.1, -0.05) is 5.92 Å². The smallest absolute Gasteiger partial charge is 0.430 e. The minimum atomic E-state index is -1.61. The van der Waals surface area contributed by atoms with E-state index in [2.05, 4.69) is 15.9 Å². The van der Waals surface area contributed by atoms with E-state index in [9.17, 15) is 14.7 Å². The Morgan fingerprint density at radius 3 is 2.94 bits per heavy atom. The zero-order valence-electron chi connectivity index (χ0n) is 17.5. The van der Waals surface area contributed by atoms with Crippen LogP contribution in [0.3, 0.4) is 0 Å². The zero-order valence-corrected chi connectivity index (χ0v) is 18.2. The second kappa shape index (κ2) is 8.74. The molecule has 11 nitrogen and oxygen atoms in total. The normalized spacial score (nSPS) is 22.2. The molecule has 4 heterocycles. The summed E-state index contributed by atoms with van der Waals surface area (Å²) in [6.07, 6.45) is 6.06. The quantitative estimate of drug-likeness (QED) is 0.319. The highest BCUT2D eigenvalue weighted by atomic mass is 35.5. The van der Waals surface area contributed by atoms with Gasteiger partial charge in [-0.25, -0.2) is 9.78 Å². The number of aliphatic hydroxyl groups excluding tert-OH is 1. The number of anilines is 1. The minimum absolute atomic E-state index is 0.0379. The third-order valence-electron chi connectivity index (χ3n) is 5.37. The molecule has 0 aromatic carbocycles. The van der Waals surface area contributed by atoms with Gasteiger partial charge in [-0.05, 0) is 29.3 Å². The molecule has 33 heavy (non-hydrogen) atoms. The number of aliphatic hydroxyl groups is 1. The Balaban J connectivity index is 1.43. The summed E-state index contributed by atoms with van der Waals surface area (Å²) < 4.78 is 19.1. The van der Waals surface area contributed by atoms with Crippen LogP contribution in [-0.2, 0) is 27.9 Å². The molecule has 1 aliphatic rings. The third-order valence-corrected chi connectivity index (χ3v) is 5.54. The predicted octanol–water partition coefficient (Wildman–Crippen LogP) is 1.37. The van der Waals surface area contributed by atoms with Crippen molar-refractivity contribution in [2.75, 3.05) is 12.3 Å². The molecule has 0 radical (unpaired) electrons. The number of hydrogen-bond donors (Lipinski definition) is 2. The number of aryl methyl sites for hydroxylation is 1. The van der Waals surface area contributed by atoms with Gasteiger partial charge in [-0.3, -0.25) is 4.79 Å². The summed E-state index contributed by atoms with van der Waals surface area (Å²) in [5.41, 5.74) is 4.94. The Labute approximate surface area is 192 Å². The maximum atomic E-state index is 12.1. The lowest BCUT2D eigenvalue weighted by Gasteiger charge is -2.26. The largest absolute Gasteiger partial charge is 0.508 e. The van der Waals surface area contributed by atoms with Gasteiger partial charge in [-0.2, -0.15) is 4.98 Å². The first kappa shape index (κ1) is 22.6. The highest BCUT2D eigenvalue weighted by Crippen LogP contribution is 2.39. The molecule has 0 unspecified atom stereocenters. The van der Waals surface area contributed by atoms with Gasteiger partial charge >= 0.3 is 6.16 Å². The Hall–Kier alpha value is -3.59. The van der Waals surface area contributed by atoms with Crippen molar-refractivity contribution >= 4 is 34.6 Å². The molecule has 172 valence electrons. The van der Waals surface area contributed by atoms with Crippen molar-refractivity contribution in [3.8, 4) is 12.3 Å². The van der Waals surface area contributed by atoms with Gasteiger partial charge in [0.05, 0.1) is 5.39 Å². The van der Waals surface area contributed by atoms with E-state index in [0.29, 0.717) is 16.6 Å². The Morgan fingerprint density at radius 2 is 2.21 bits per heavy atom. The number of nitrogens with zero attached hydrogens (tertiary/aromatic N) is 4. The van der Waals surface area contributed by atoms with Crippen LogP contribution in [0.25, 0.3) is 11.0 Å². The molecule has 3 atom stereocenters. The van der Waals surface area contributed by atoms with Gasteiger partial charge in [0.2, 0.25) is 5.28 Å². The first-order valence-electron chi connectivity index (χ1n) is 9.81. The van der Waals surface area contributed by atoms with Gasteiger partial charge < -0.3 is 34.2 Å². The van der Waals surface area contributed by atoms with E-state index in [1.165, 1.54) is 10.6 Å². The van der Waals surface area contributed by atoms with Gasteiger partial charge in [0.15, 0.2) is 5.60 Å². The lowest BCUT2D eigenvalue weighted by molar-refractivity contribution is -0.0983. The van der Waals surface area contributed by atoms with Crippen LogP contribution in [0.2, 0.25) is 5.28 Å². The van der Waals surface area contributed by atoms with Gasteiger partial charge in [0, 0.05) is 31.9 Å². The Morgan fingerprint density at radius 1 is 1.42 bits per heavy atom. The van der Waals surface area contributed by atoms with Crippen LogP contribution >= 0.6 is 11.6 Å². The molecular formula is C21H20ClN5O6. The van der Waals surface area contributed by atoms with Gasteiger partial charge in [0.25, 0.3) is 5.56 Å². The van der Waals surface area contributed by atoms with Crippen LogP contribution in [0.4, 0.5) is 10.6 Å². The van der Waals surface area contributed by atoms with E-state index in [4.69, 9.17) is 38.0 Å². The van der Waals surface area contributed by atoms with Crippen LogP contribution in [0.1, 0.15) is 18.2 Å². The number of halogens is 1. The van der Waals surface area contributed by atoms with Crippen LogP contribution in [0, 0.1) is 12.3 Å². The van der Waals surface area contributed by atoms with Crippen LogP contribution in [0.15, 0.2) is 35.4 Å². The van der Waals surface area contributed by atoms with Crippen LogP contribution < -0.4 is 11.3 Å². The summed E-state index contributed by atoms with van der Waals surface area (Å²) in [6, 6.07) is 4.67. The fourth-order valence-corrected chi connectivity index (χ4v) is 3.69. The first-order chi connectivity index (χ1) is 15.7. The second-order valence-corrected chi connectivity index (χ2v) is 7.85. The first-order valence-corrected chi connectivity index (χ1v) is 10.2. The number of rotatable bonds is 5. The predicted molar refractivity (Wildman–Crippen MR) is 117 cm³/mol. The molecule has 3 aromatic heterocycles. The highest BCUT2D eigenvalue weighted by molar-refractivity contribution is 6.28. The molecule has 12 heteroatoms. The minimum Gasteiger partial charge on any atom is -0.430 e. The summed E-state index contributed by atoms with van der Waals surface area (Å²) in [5.74, 6) is 2.59. The fraction of sp³-hybridized carbons (Fsp3) is 0.333. The molecule has 3 aromatic rings. The number of pyridine rings is 1. The Bertz CT molecular complexity index is 1310. The van der Waals surface area contributed by atoms with E-state index < -0.39 is 30.7 Å². The molecular weight excluding hydrogens is 454 g/mol. The molecule has 0 saturated carbocycles. The van der Waals surface area contributed by atoms with Crippen molar-refractivity contribution in [3.63, 3.8) is 0 Å². The van der Waals surface area contributed by atoms with Crippen molar-refractivity contribution in [1.29, 1.82) is 0 Å². The number of carbonyl (C=O) groups is 1. The number of nitrogens with two attached hydrogens (primary N) is 1. The highest BCUT2D eigenvalue weighted by Gasteiger charge is 2.49. The molecule has 1 saturated heterocycles. The summed E-state index contributed by atoms with van der Waals surface area (Å²) in [4.78, 5) is 31.8. The number of hydrogen-bond acceptors (Lipinski definition) is 9. The molecule has 0 spiro atoms. The van der Waals surface area contributed by atoms with E-state index in [1.807, 2.05) is 0 Å². The lowest BCUT2D eigenvalue weighted by atomic mass is 9.99. The average molecular weight is 474 g/mol. The Kier molecular flexibility index (Phi) is 5.99. The third kappa shape index (κ3) is 4.36. The zero-order chi connectivity index (χ0) is 23.8. The van der Waals surface area contributed by atoms with Gasteiger partial charge in [-0.15, -0.1) is 6.42 Å². The molecule has 0 bridgehead atoms.